The molecule has 3 N–H and O–H groups in total. The Morgan fingerprint density at radius 3 is 2.50 bits per heavy atom. The fraction of sp³-hybridized carbons (Fsp3) is 0.100. The quantitative estimate of drug-likeness (QED) is 0.704. The number of carbonyl (C=O) groups is 1. The zero-order valence-electron chi connectivity index (χ0n) is 14.7. The minimum absolute atomic E-state index is 0.00650. The number of hydrogen-bond acceptors (Lipinski definition) is 4. The molecule has 1 amide bonds. The topological polar surface area (TPSA) is 81.2 Å². The molecule has 8 heteroatoms. The van der Waals surface area contributed by atoms with Crippen LogP contribution < -0.4 is 11.1 Å². The van der Waals surface area contributed by atoms with Crippen molar-refractivity contribution in [3.05, 3.63) is 77.0 Å². The second-order valence-corrected chi connectivity index (χ2v) is 5.89. The third-order valence-corrected chi connectivity index (χ3v) is 4.03. The summed E-state index contributed by atoms with van der Waals surface area (Å²) in [6, 6.07) is 13.5. The monoisotopic (exact) mass is 387 g/mol. The van der Waals surface area contributed by atoms with Gasteiger partial charge in [0.15, 0.2) is 5.76 Å². The maximum absolute atomic E-state index is 12.9. The molecule has 0 fully saturated rings. The first-order valence-corrected chi connectivity index (χ1v) is 8.23. The number of hydrogen-bond donors (Lipinski definition) is 2. The molecule has 2 aromatic carbocycles. The Hall–Kier alpha value is -3.55. The highest BCUT2D eigenvalue weighted by Crippen LogP contribution is 2.31. The van der Waals surface area contributed by atoms with E-state index in [1.54, 1.807) is 24.3 Å². The molecule has 0 aliphatic rings. The van der Waals surface area contributed by atoms with Crippen molar-refractivity contribution in [3.63, 3.8) is 0 Å². The van der Waals surface area contributed by atoms with Crippen LogP contribution in [0.1, 0.15) is 27.2 Å². The molecule has 1 heterocycles. The van der Waals surface area contributed by atoms with Gasteiger partial charge in [0.1, 0.15) is 11.3 Å². The first-order chi connectivity index (χ1) is 13.3. The third-order valence-electron chi connectivity index (χ3n) is 4.03. The first-order valence-electron chi connectivity index (χ1n) is 8.23. The molecular formula is C20H16F3N3O2. The number of alkyl halides is 3. The first kappa shape index (κ1) is 19.2. The molecule has 1 aromatic heterocycles. The largest absolute Gasteiger partial charge is 0.416 e. The van der Waals surface area contributed by atoms with Crippen molar-refractivity contribution >= 4 is 17.7 Å². The predicted molar refractivity (Wildman–Crippen MR) is 98.8 cm³/mol. The molecule has 28 heavy (non-hydrogen) atoms. The molecule has 0 spiro atoms. The Balaban J connectivity index is 2.07. The van der Waals surface area contributed by atoms with Crippen LogP contribution in [-0.4, -0.2) is 18.1 Å². The van der Waals surface area contributed by atoms with Gasteiger partial charge in [-0.05, 0) is 17.7 Å². The van der Waals surface area contributed by atoms with Gasteiger partial charge in [0, 0.05) is 24.4 Å². The lowest BCUT2D eigenvalue weighted by Crippen LogP contribution is -2.19. The van der Waals surface area contributed by atoms with Gasteiger partial charge >= 0.3 is 6.18 Å². The lowest BCUT2D eigenvalue weighted by atomic mass is 10.0. The number of nitrogens with zero attached hydrogens (tertiary/aromatic N) is 1. The summed E-state index contributed by atoms with van der Waals surface area (Å²) < 4.78 is 44.0. The van der Waals surface area contributed by atoms with E-state index in [0.29, 0.717) is 11.3 Å². The molecule has 0 aliphatic carbocycles. The normalized spacial score (nSPS) is 12.1. The van der Waals surface area contributed by atoms with Crippen LogP contribution in [0.4, 0.5) is 13.2 Å². The number of amides is 1. The maximum Gasteiger partial charge on any atom is 0.416 e. The smallest absolute Gasteiger partial charge is 0.398 e. The minimum Gasteiger partial charge on any atom is -0.398 e. The van der Waals surface area contributed by atoms with Crippen molar-refractivity contribution in [2.45, 2.75) is 6.18 Å². The third kappa shape index (κ3) is 3.90. The van der Waals surface area contributed by atoms with E-state index in [4.69, 9.17) is 10.3 Å². The predicted octanol–water partition coefficient (Wildman–Crippen LogP) is 4.18. The van der Waals surface area contributed by atoms with Crippen LogP contribution in [0.2, 0.25) is 0 Å². The molecule has 0 bridgehead atoms. The van der Waals surface area contributed by atoms with E-state index in [-0.39, 0.29) is 22.6 Å². The number of aromatic nitrogens is 1. The van der Waals surface area contributed by atoms with Crippen molar-refractivity contribution < 1.29 is 22.5 Å². The molecule has 5 nitrogen and oxygen atoms in total. The van der Waals surface area contributed by atoms with E-state index in [0.717, 1.165) is 12.1 Å². The van der Waals surface area contributed by atoms with Crippen molar-refractivity contribution in [2.75, 3.05) is 7.05 Å². The molecular weight excluding hydrogens is 371 g/mol. The zero-order valence-corrected chi connectivity index (χ0v) is 14.7. The molecule has 0 atom stereocenters. The minimum atomic E-state index is -4.49. The van der Waals surface area contributed by atoms with Crippen LogP contribution in [0, 0.1) is 0 Å². The van der Waals surface area contributed by atoms with E-state index in [1.165, 1.54) is 25.3 Å². The second kappa shape index (κ2) is 7.59. The van der Waals surface area contributed by atoms with Gasteiger partial charge in [-0.2, -0.15) is 13.2 Å². The van der Waals surface area contributed by atoms with Crippen LogP contribution in [-0.2, 0) is 6.18 Å². The van der Waals surface area contributed by atoms with Crippen molar-refractivity contribution in [1.82, 2.24) is 10.5 Å². The van der Waals surface area contributed by atoms with E-state index in [2.05, 4.69) is 10.5 Å². The molecule has 0 saturated carbocycles. The second-order valence-electron chi connectivity index (χ2n) is 5.89. The Morgan fingerprint density at radius 2 is 1.86 bits per heavy atom. The van der Waals surface area contributed by atoms with Gasteiger partial charge in [-0.15, -0.1) is 0 Å². The van der Waals surface area contributed by atoms with Crippen molar-refractivity contribution in [3.8, 4) is 11.3 Å². The highest BCUT2D eigenvalue weighted by Gasteiger charge is 2.30. The Kier molecular flexibility index (Phi) is 5.21. The standard InChI is InChI=1S/C20H16F3N3O2/c1-25-19(27)17-16(28-26-18(17)12-6-3-2-4-7-12)11-15(24)13-8-5-9-14(10-13)20(21,22)23/h2-11H,24H2,1H3,(H,25,27)/b15-11-. The highest BCUT2D eigenvalue weighted by atomic mass is 19.4. The molecule has 144 valence electrons. The van der Waals surface area contributed by atoms with Gasteiger partial charge in [-0.25, -0.2) is 0 Å². The number of benzene rings is 2. The van der Waals surface area contributed by atoms with Crippen LogP contribution >= 0.6 is 0 Å². The summed E-state index contributed by atoms with van der Waals surface area (Å²) in [7, 11) is 1.45. The van der Waals surface area contributed by atoms with E-state index in [1.807, 2.05) is 6.07 Å². The molecule has 0 saturated heterocycles. The average molecular weight is 387 g/mol. The van der Waals surface area contributed by atoms with E-state index >= 15 is 0 Å². The summed E-state index contributed by atoms with van der Waals surface area (Å²) >= 11 is 0. The fourth-order valence-electron chi connectivity index (χ4n) is 2.64. The SMILES string of the molecule is CNC(=O)c1c(-c2ccccc2)noc1/C=C(\N)c1cccc(C(F)(F)F)c1. The van der Waals surface area contributed by atoms with Crippen molar-refractivity contribution in [2.24, 2.45) is 5.73 Å². The zero-order chi connectivity index (χ0) is 20.3. The van der Waals surface area contributed by atoms with Gasteiger partial charge in [-0.1, -0.05) is 47.6 Å². The van der Waals surface area contributed by atoms with Crippen LogP contribution in [0.5, 0.6) is 0 Å². The van der Waals surface area contributed by atoms with E-state index in [9.17, 15) is 18.0 Å². The molecule has 0 radical (unpaired) electrons. The van der Waals surface area contributed by atoms with Crippen LogP contribution in [0.25, 0.3) is 23.0 Å². The molecule has 3 rings (SSSR count). The number of rotatable bonds is 4. The highest BCUT2D eigenvalue weighted by molar-refractivity contribution is 6.03. The van der Waals surface area contributed by atoms with Crippen LogP contribution in [0.3, 0.4) is 0 Å². The van der Waals surface area contributed by atoms with Crippen LogP contribution in [0.15, 0.2) is 59.1 Å². The van der Waals surface area contributed by atoms with Crippen molar-refractivity contribution in [1.29, 1.82) is 0 Å². The molecule has 3 aromatic rings. The van der Waals surface area contributed by atoms with Gasteiger partial charge in [0.05, 0.1) is 5.56 Å². The van der Waals surface area contributed by atoms with Gasteiger partial charge in [-0.3, -0.25) is 4.79 Å². The maximum atomic E-state index is 12.9. The molecule has 0 unspecified atom stereocenters. The Labute approximate surface area is 158 Å². The van der Waals surface area contributed by atoms with E-state index < -0.39 is 17.6 Å². The number of carbonyl (C=O) groups excluding carboxylic acids is 1. The Bertz CT molecular complexity index is 1020. The van der Waals surface area contributed by atoms with Gasteiger partial charge in [0.2, 0.25) is 0 Å². The lowest BCUT2D eigenvalue weighted by Gasteiger charge is -2.09. The lowest BCUT2D eigenvalue weighted by molar-refractivity contribution is -0.137. The summed E-state index contributed by atoms with van der Waals surface area (Å²) in [5.41, 5.74) is 6.41. The number of halogens is 3. The number of nitrogens with two attached hydrogens (primary N) is 1. The average Bonchev–Trinajstić information content (AvgIpc) is 3.11. The summed E-state index contributed by atoms with van der Waals surface area (Å²) in [6.07, 6.45) is -3.20. The Morgan fingerprint density at radius 1 is 1.14 bits per heavy atom. The number of nitrogens with one attached hydrogen (secondary N) is 1. The fourth-order valence-corrected chi connectivity index (χ4v) is 2.64. The summed E-state index contributed by atoms with van der Waals surface area (Å²) in [4.78, 5) is 12.4. The summed E-state index contributed by atoms with van der Waals surface area (Å²) in [6.45, 7) is 0. The summed E-state index contributed by atoms with van der Waals surface area (Å²) in [5.74, 6) is -0.406. The van der Waals surface area contributed by atoms with Gasteiger partial charge in [0.25, 0.3) is 5.91 Å². The van der Waals surface area contributed by atoms with Gasteiger partial charge < -0.3 is 15.6 Å². The summed E-state index contributed by atoms with van der Waals surface area (Å²) in [5, 5.41) is 6.45. The molecule has 0 aliphatic heterocycles.